The van der Waals surface area contributed by atoms with Crippen LogP contribution in [-0.4, -0.2) is 45.9 Å². The van der Waals surface area contributed by atoms with Gasteiger partial charge in [-0.2, -0.15) is 15.0 Å². The Labute approximate surface area is 160 Å². The molecular formula is C19H31N5O3. The van der Waals surface area contributed by atoms with Crippen molar-refractivity contribution in [3.05, 3.63) is 0 Å². The van der Waals surface area contributed by atoms with Gasteiger partial charge in [0.2, 0.25) is 0 Å². The number of aryl methyl sites for hydroxylation is 1. The highest BCUT2D eigenvalue weighted by atomic mass is 16.5. The van der Waals surface area contributed by atoms with E-state index in [1.54, 1.807) is 7.11 Å². The van der Waals surface area contributed by atoms with Crippen LogP contribution in [0.15, 0.2) is 0 Å². The van der Waals surface area contributed by atoms with Gasteiger partial charge < -0.3 is 19.9 Å². The molecule has 0 unspecified atom stereocenters. The van der Waals surface area contributed by atoms with E-state index in [9.17, 15) is 0 Å². The molecule has 3 heterocycles. The maximum Gasteiger partial charge on any atom is 0.320 e. The lowest BCUT2D eigenvalue weighted by molar-refractivity contribution is 0.0629. The average Bonchev–Trinajstić information content (AvgIpc) is 3.01. The van der Waals surface area contributed by atoms with Crippen molar-refractivity contribution in [1.82, 2.24) is 19.5 Å². The van der Waals surface area contributed by atoms with Gasteiger partial charge in [-0.1, -0.05) is 13.3 Å². The van der Waals surface area contributed by atoms with Crippen molar-refractivity contribution >= 4 is 17.0 Å². The molecule has 0 bridgehead atoms. The van der Waals surface area contributed by atoms with Crippen molar-refractivity contribution in [2.24, 2.45) is 5.92 Å². The monoisotopic (exact) mass is 377 g/mol. The van der Waals surface area contributed by atoms with Crippen LogP contribution in [0.3, 0.4) is 0 Å². The predicted molar refractivity (Wildman–Crippen MR) is 104 cm³/mol. The molecule has 0 aromatic carbocycles. The van der Waals surface area contributed by atoms with Crippen molar-refractivity contribution in [3.8, 4) is 12.0 Å². The maximum absolute atomic E-state index is 6.11. The number of nitrogens with zero attached hydrogens (tertiary/aromatic N) is 4. The van der Waals surface area contributed by atoms with Gasteiger partial charge in [-0.3, -0.25) is 4.57 Å². The van der Waals surface area contributed by atoms with Crippen molar-refractivity contribution < 1.29 is 14.2 Å². The maximum atomic E-state index is 6.11. The zero-order valence-corrected chi connectivity index (χ0v) is 16.6. The average molecular weight is 377 g/mol. The van der Waals surface area contributed by atoms with E-state index in [0.717, 1.165) is 64.2 Å². The van der Waals surface area contributed by atoms with Crippen LogP contribution in [0.4, 0.5) is 5.82 Å². The number of hydrogen-bond acceptors (Lipinski definition) is 7. The van der Waals surface area contributed by atoms with Crippen LogP contribution in [0.5, 0.6) is 12.0 Å². The molecule has 27 heavy (non-hydrogen) atoms. The molecule has 2 aromatic heterocycles. The minimum Gasteiger partial charge on any atom is -0.468 e. The smallest absolute Gasteiger partial charge is 0.320 e. The number of anilines is 1. The number of nitrogen functional groups attached to an aromatic ring is 1. The van der Waals surface area contributed by atoms with Gasteiger partial charge in [-0.05, 0) is 44.9 Å². The highest BCUT2D eigenvalue weighted by molar-refractivity contribution is 5.83. The zero-order chi connectivity index (χ0) is 19.2. The highest BCUT2D eigenvalue weighted by Crippen LogP contribution is 2.27. The number of nitrogens with two attached hydrogens (primary N) is 1. The molecule has 3 rings (SSSR count). The molecule has 0 saturated carbocycles. The first-order valence-corrected chi connectivity index (χ1v) is 9.94. The zero-order valence-electron chi connectivity index (χ0n) is 16.6. The van der Waals surface area contributed by atoms with Gasteiger partial charge in [-0.15, -0.1) is 0 Å². The summed E-state index contributed by atoms with van der Waals surface area (Å²) in [6.45, 7) is 6.66. The number of aromatic nitrogens is 4. The standard InChI is InChI=1S/C19H31N5O3/c1-4-6-13(2)27-18-22-16(20)15-17(23-18)24(19(21-15)25-3)10-5-7-14-8-11-26-12-9-14/h13-14H,4-12H2,1-3H3,(H2,20,22,23)/t13-/m0/s1. The SMILES string of the molecule is CCC[C@H](C)Oc1nc(N)c2nc(OC)n(CCCC3CCOCC3)c2n1. The molecule has 0 aliphatic carbocycles. The summed E-state index contributed by atoms with van der Waals surface area (Å²) in [5.41, 5.74) is 7.35. The van der Waals surface area contributed by atoms with Crippen LogP contribution >= 0.6 is 0 Å². The first-order valence-electron chi connectivity index (χ1n) is 9.94. The first-order chi connectivity index (χ1) is 13.1. The fraction of sp³-hybridized carbons (Fsp3) is 0.737. The largest absolute Gasteiger partial charge is 0.468 e. The van der Waals surface area contributed by atoms with Gasteiger partial charge in [0.1, 0.15) is 0 Å². The Hall–Kier alpha value is -2.09. The minimum absolute atomic E-state index is 0.0404. The van der Waals surface area contributed by atoms with Crippen molar-refractivity contribution in [3.63, 3.8) is 0 Å². The van der Waals surface area contributed by atoms with E-state index in [0.29, 0.717) is 29.0 Å². The minimum atomic E-state index is 0.0404. The van der Waals surface area contributed by atoms with E-state index in [-0.39, 0.29) is 6.10 Å². The van der Waals surface area contributed by atoms with E-state index < -0.39 is 0 Å². The van der Waals surface area contributed by atoms with Crippen LogP contribution in [0.1, 0.15) is 52.4 Å². The third-order valence-corrected chi connectivity index (χ3v) is 5.09. The van der Waals surface area contributed by atoms with Crippen molar-refractivity contribution in [2.75, 3.05) is 26.1 Å². The Morgan fingerprint density at radius 1 is 1.26 bits per heavy atom. The van der Waals surface area contributed by atoms with Crippen LogP contribution in [0.25, 0.3) is 11.2 Å². The van der Waals surface area contributed by atoms with E-state index >= 15 is 0 Å². The number of methoxy groups -OCH3 is 1. The summed E-state index contributed by atoms with van der Waals surface area (Å²) < 4.78 is 18.7. The third-order valence-electron chi connectivity index (χ3n) is 5.09. The molecule has 2 N–H and O–H groups in total. The van der Waals surface area contributed by atoms with E-state index in [1.165, 1.54) is 0 Å². The number of ether oxygens (including phenoxy) is 3. The van der Waals surface area contributed by atoms with Crippen LogP contribution < -0.4 is 15.2 Å². The summed E-state index contributed by atoms with van der Waals surface area (Å²) in [5, 5.41) is 0. The Kier molecular flexibility index (Phi) is 6.71. The molecule has 1 saturated heterocycles. The van der Waals surface area contributed by atoms with Gasteiger partial charge >= 0.3 is 6.01 Å². The van der Waals surface area contributed by atoms with Crippen molar-refractivity contribution in [2.45, 2.75) is 65.0 Å². The number of imidazole rings is 1. The fourth-order valence-corrected chi connectivity index (χ4v) is 3.61. The van der Waals surface area contributed by atoms with Gasteiger partial charge in [-0.25, -0.2) is 0 Å². The summed E-state index contributed by atoms with van der Waals surface area (Å²) in [6.07, 6.45) is 6.49. The van der Waals surface area contributed by atoms with Gasteiger partial charge in [0, 0.05) is 19.8 Å². The van der Waals surface area contributed by atoms with Crippen LogP contribution in [0, 0.1) is 5.92 Å². The summed E-state index contributed by atoms with van der Waals surface area (Å²) >= 11 is 0. The molecule has 0 spiro atoms. The summed E-state index contributed by atoms with van der Waals surface area (Å²) in [4.78, 5) is 13.3. The summed E-state index contributed by atoms with van der Waals surface area (Å²) in [6, 6.07) is 0.811. The molecule has 8 nitrogen and oxygen atoms in total. The number of fused-ring (bicyclic) bond motifs is 1. The summed E-state index contributed by atoms with van der Waals surface area (Å²) in [5.74, 6) is 1.05. The first kappa shape index (κ1) is 19.7. The molecule has 8 heteroatoms. The predicted octanol–water partition coefficient (Wildman–Crippen LogP) is 3.19. The molecule has 1 atom stereocenters. The van der Waals surface area contributed by atoms with Gasteiger partial charge in [0.25, 0.3) is 6.01 Å². The molecule has 0 amide bonds. The Bertz CT molecular complexity index is 743. The van der Waals surface area contributed by atoms with Crippen LogP contribution in [0.2, 0.25) is 0 Å². The molecule has 1 aliphatic rings. The third kappa shape index (κ3) is 4.80. The Morgan fingerprint density at radius 2 is 2.04 bits per heavy atom. The molecular weight excluding hydrogens is 346 g/mol. The fourth-order valence-electron chi connectivity index (χ4n) is 3.61. The van der Waals surface area contributed by atoms with E-state index in [1.807, 2.05) is 11.5 Å². The quantitative estimate of drug-likeness (QED) is 0.716. The molecule has 1 aliphatic heterocycles. The number of rotatable bonds is 9. The highest BCUT2D eigenvalue weighted by Gasteiger charge is 2.19. The van der Waals surface area contributed by atoms with Crippen molar-refractivity contribution in [1.29, 1.82) is 0 Å². The lowest BCUT2D eigenvalue weighted by Crippen LogP contribution is -2.16. The lowest BCUT2D eigenvalue weighted by atomic mass is 9.95. The molecule has 1 fully saturated rings. The molecule has 0 radical (unpaired) electrons. The number of hydrogen-bond donors (Lipinski definition) is 1. The molecule has 150 valence electrons. The van der Waals surface area contributed by atoms with Gasteiger partial charge in [0.15, 0.2) is 17.0 Å². The second kappa shape index (κ2) is 9.21. The lowest BCUT2D eigenvalue weighted by Gasteiger charge is -2.21. The molecule has 2 aromatic rings. The summed E-state index contributed by atoms with van der Waals surface area (Å²) in [7, 11) is 1.61. The Morgan fingerprint density at radius 3 is 2.74 bits per heavy atom. The second-order valence-electron chi connectivity index (χ2n) is 7.23. The normalized spacial score (nSPS) is 16.6. The van der Waals surface area contributed by atoms with E-state index in [4.69, 9.17) is 19.9 Å². The van der Waals surface area contributed by atoms with Gasteiger partial charge in [0.05, 0.1) is 13.2 Å². The Balaban J connectivity index is 1.78. The topological polar surface area (TPSA) is 97.3 Å². The van der Waals surface area contributed by atoms with Crippen LogP contribution in [-0.2, 0) is 11.3 Å². The second-order valence-corrected chi connectivity index (χ2v) is 7.23. The van der Waals surface area contributed by atoms with E-state index in [2.05, 4.69) is 21.9 Å².